The van der Waals surface area contributed by atoms with E-state index in [1.54, 1.807) is 6.07 Å². The van der Waals surface area contributed by atoms with Gasteiger partial charge in [0.25, 0.3) is 10.0 Å². The molecule has 1 N–H and O–H groups in total. The molecule has 0 bridgehead atoms. The lowest BCUT2D eigenvalue weighted by atomic mass is 10.4. The highest BCUT2D eigenvalue weighted by Gasteiger charge is 2.23. The Morgan fingerprint density at radius 3 is 2.65 bits per heavy atom. The number of hydrogen-bond donors (Lipinski definition) is 1. The van der Waals surface area contributed by atoms with Crippen LogP contribution in [0.1, 0.15) is 0 Å². The van der Waals surface area contributed by atoms with E-state index in [4.69, 9.17) is 27.9 Å². The molecule has 0 aromatic carbocycles. The number of pyridine rings is 1. The summed E-state index contributed by atoms with van der Waals surface area (Å²) in [4.78, 5) is 3.87. The zero-order valence-corrected chi connectivity index (χ0v) is 14.6. The highest BCUT2D eigenvalue weighted by Crippen LogP contribution is 2.36. The molecule has 2 rings (SSSR count). The van der Waals surface area contributed by atoms with Crippen LogP contribution in [-0.2, 0) is 10.0 Å². The monoisotopic (exact) mass is 416 g/mol. The Morgan fingerprint density at radius 1 is 1.40 bits per heavy atom. The molecule has 0 fully saturated rings. The number of sulfonamides is 1. The van der Waals surface area contributed by atoms with Crippen LogP contribution in [0.2, 0.25) is 8.67 Å². The first-order valence-corrected chi connectivity index (χ1v) is 8.85. The normalized spacial score (nSPS) is 11.4. The number of hydrogen-bond acceptors (Lipinski definition) is 5. The molecule has 10 heteroatoms. The molecule has 2 aromatic rings. The number of nitrogens with zero attached hydrogens (tertiary/aromatic N) is 1. The fourth-order valence-electron chi connectivity index (χ4n) is 1.34. The Hall–Kier alpha value is -0.540. The second kappa shape index (κ2) is 6.07. The molecule has 0 amide bonds. The van der Waals surface area contributed by atoms with Gasteiger partial charge in [-0.05, 0) is 28.1 Å². The maximum atomic E-state index is 12.2. The number of aromatic nitrogens is 1. The third-order valence-electron chi connectivity index (χ3n) is 2.19. The van der Waals surface area contributed by atoms with Crippen LogP contribution in [0.25, 0.3) is 0 Å². The number of anilines is 1. The van der Waals surface area contributed by atoms with Gasteiger partial charge >= 0.3 is 0 Å². The minimum absolute atomic E-state index is 0.0640. The van der Waals surface area contributed by atoms with E-state index in [0.29, 0.717) is 4.47 Å². The maximum Gasteiger partial charge on any atom is 0.265 e. The molecule has 0 saturated carbocycles. The summed E-state index contributed by atoms with van der Waals surface area (Å²) in [7, 11) is -2.47. The van der Waals surface area contributed by atoms with Gasteiger partial charge in [0, 0.05) is 10.7 Å². The third kappa shape index (κ3) is 3.37. The summed E-state index contributed by atoms with van der Waals surface area (Å²) in [6.45, 7) is 0. The lowest BCUT2D eigenvalue weighted by Crippen LogP contribution is -2.14. The fraction of sp³-hybridized carbons (Fsp3) is 0.100. The standard InChI is InChI=1S/C10H7BrCl2N2O3S2/c1-18-6-2-5(11)4-14-10(6)15-20(16,17)7-3-8(12)19-9(7)13/h2-4H,1H3,(H,14,15). The molecule has 2 heterocycles. The topological polar surface area (TPSA) is 68.3 Å². The van der Waals surface area contributed by atoms with Gasteiger partial charge in [-0.3, -0.25) is 4.72 Å². The van der Waals surface area contributed by atoms with Crippen molar-refractivity contribution in [3.63, 3.8) is 0 Å². The molecular weight excluding hydrogens is 411 g/mol. The molecule has 0 atom stereocenters. The largest absolute Gasteiger partial charge is 0.493 e. The van der Waals surface area contributed by atoms with Gasteiger partial charge in [-0.15, -0.1) is 11.3 Å². The van der Waals surface area contributed by atoms with Crippen molar-refractivity contribution in [1.82, 2.24) is 4.98 Å². The molecule has 0 aliphatic carbocycles. The van der Waals surface area contributed by atoms with Crippen LogP contribution in [0.3, 0.4) is 0 Å². The minimum atomic E-state index is -3.88. The molecule has 0 aliphatic heterocycles. The molecule has 0 spiro atoms. The van der Waals surface area contributed by atoms with Crippen molar-refractivity contribution in [3.8, 4) is 5.75 Å². The van der Waals surface area contributed by atoms with Gasteiger partial charge in [-0.1, -0.05) is 23.2 Å². The Morgan fingerprint density at radius 2 is 2.10 bits per heavy atom. The number of ether oxygens (including phenoxy) is 1. The molecule has 0 saturated heterocycles. The van der Waals surface area contributed by atoms with E-state index in [2.05, 4.69) is 25.6 Å². The van der Waals surface area contributed by atoms with Gasteiger partial charge in [0.15, 0.2) is 11.6 Å². The zero-order chi connectivity index (χ0) is 14.9. The molecule has 20 heavy (non-hydrogen) atoms. The van der Waals surface area contributed by atoms with Gasteiger partial charge in [0.2, 0.25) is 0 Å². The summed E-state index contributed by atoms with van der Waals surface area (Å²) in [5, 5.41) is 0. The predicted molar refractivity (Wildman–Crippen MR) is 83.6 cm³/mol. The maximum absolute atomic E-state index is 12.2. The molecule has 2 aromatic heterocycles. The first-order chi connectivity index (χ1) is 9.33. The summed E-state index contributed by atoms with van der Waals surface area (Å²) < 4.78 is 32.9. The molecule has 108 valence electrons. The Balaban J connectivity index is 2.41. The zero-order valence-electron chi connectivity index (χ0n) is 9.85. The van der Waals surface area contributed by atoms with Gasteiger partial charge in [-0.25, -0.2) is 13.4 Å². The summed E-state index contributed by atoms with van der Waals surface area (Å²) in [6.07, 6.45) is 1.45. The fourth-order valence-corrected chi connectivity index (χ4v) is 4.82. The second-order valence-corrected chi connectivity index (χ2v) is 8.35. The van der Waals surface area contributed by atoms with Crippen LogP contribution in [0.4, 0.5) is 5.82 Å². The number of rotatable bonds is 4. The quantitative estimate of drug-likeness (QED) is 0.815. The van der Waals surface area contributed by atoms with Crippen LogP contribution in [0.15, 0.2) is 27.7 Å². The van der Waals surface area contributed by atoms with Crippen LogP contribution >= 0.6 is 50.5 Å². The molecule has 5 nitrogen and oxygen atoms in total. The third-order valence-corrected chi connectivity index (χ3v) is 5.71. The van der Waals surface area contributed by atoms with E-state index >= 15 is 0 Å². The summed E-state index contributed by atoms with van der Waals surface area (Å²) >= 11 is 15.8. The van der Waals surface area contributed by atoms with Crippen molar-refractivity contribution in [1.29, 1.82) is 0 Å². The predicted octanol–water partition coefficient (Wildman–Crippen LogP) is 4.02. The van der Waals surface area contributed by atoms with Crippen molar-refractivity contribution in [2.75, 3.05) is 11.8 Å². The van der Waals surface area contributed by atoms with Crippen molar-refractivity contribution in [2.24, 2.45) is 0 Å². The van der Waals surface area contributed by atoms with Crippen molar-refractivity contribution >= 4 is 66.3 Å². The summed E-state index contributed by atoms with van der Waals surface area (Å²) in [6, 6.07) is 2.87. The van der Waals surface area contributed by atoms with E-state index in [0.717, 1.165) is 11.3 Å². The van der Waals surface area contributed by atoms with Gasteiger partial charge in [-0.2, -0.15) is 0 Å². The van der Waals surface area contributed by atoms with Crippen LogP contribution in [0, 0.1) is 0 Å². The number of methoxy groups -OCH3 is 1. The van der Waals surface area contributed by atoms with E-state index in [9.17, 15) is 8.42 Å². The van der Waals surface area contributed by atoms with Crippen molar-refractivity contribution in [2.45, 2.75) is 4.90 Å². The Bertz CT molecular complexity index is 749. The average Bonchev–Trinajstić information content (AvgIpc) is 2.71. The van der Waals surface area contributed by atoms with E-state index in [-0.39, 0.29) is 25.1 Å². The van der Waals surface area contributed by atoms with Crippen LogP contribution in [0.5, 0.6) is 5.75 Å². The lowest BCUT2D eigenvalue weighted by molar-refractivity contribution is 0.415. The molecule has 0 aliphatic rings. The number of nitrogens with one attached hydrogen (secondary N) is 1. The van der Waals surface area contributed by atoms with E-state index < -0.39 is 10.0 Å². The van der Waals surface area contributed by atoms with Crippen LogP contribution < -0.4 is 9.46 Å². The Labute approximate surface area is 138 Å². The van der Waals surface area contributed by atoms with E-state index in [1.165, 1.54) is 19.4 Å². The van der Waals surface area contributed by atoms with Gasteiger partial charge in [0.1, 0.15) is 9.23 Å². The minimum Gasteiger partial charge on any atom is -0.493 e. The second-order valence-electron chi connectivity index (χ2n) is 3.50. The summed E-state index contributed by atoms with van der Waals surface area (Å²) in [5.74, 6) is 0.342. The van der Waals surface area contributed by atoms with Gasteiger partial charge in [0.05, 0.1) is 11.4 Å². The molecular formula is C10H7BrCl2N2O3S2. The number of thiophene rings is 1. The molecule has 0 unspecified atom stereocenters. The van der Waals surface area contributed by atoms with E-state index in [1.807, 2.05) is 0 Å². The average molecular weight is 418 g/mol. The summed E-state index contributed by atoms with van der Waals surface area (Å²) in [5.41, 5.74) is 0. The first-order valence-electron chi connectivity index (χ1n) is 5.00. The Kier molecular flexibility index (Phi) is 4.80. The van der Waals surface area contributed by atoms with Crippen LogP contribution in [-0.4, -0.2) is 20.5 Å². The first kappa shape index (κ1) is 15.8. The highest BCUT2D eigenvalue weighted by atomic mass is 79.9. The van der Waals surface area contributed by atoms with Gasteiger partial charge < -0.3 is 4.74 Å². The molecule has 0 radical (unpaired) electrons. The van der Waals surface area contributed by atoms with Crippen molar-refractivity contribution in [3.05, 3.63) is 31.5 Å². The smallest absolute Gasteiger partial charge is 0.265 e. The highest BCUT2D eigenvalue weighted by molar-refractivity contribution is 9.10. The number of halogens is 3. The lowest BCUT2D eigenvalue weighted by Gasteiger charge is -2.10. The van der Waals surface area contributed by atoms with Crippen molar-refractivity contribution < 1.29 is 13.2 Å². The SMILES string of the molecule is COc1cc(Br)cnc1NS(=O)(=O)c1cc(Cl)sc1Cl.